The number of ether oxygens (including phenoxy) is 2. The van der Waals surface area contributed by atoms with Crippen molar-refractivity contribution < 1.29 is 9.47 Å². The summed E-state index contributed by atoms with van der Waals surface area (Å²) in [6, 6.07) is 6.15. The smallest absolute Gasteiger partial charge is 0.148 e. The van der Waals surface area contributed by atoms with E-state index in [4.69, 9.17) is 14.5 Å². The largest absolute Gasteiger partial charge is 0.497 e. The standard InChI is InChI=1S/C19H26N2O2/c1-14-11-18(21-9-7-5-4-6-8-10-21)20-19-16(14)12-15(22-2)13-17(19)23-3/h11-13H,4-10H2,1-3H3. The molecule has 1 aliphatic heterocycles. The van der Waals surface area contributed by atoms with Crippen LogP contribution in [0.25, 0.3) is 10.9 Å². The molecule has 3 rings (SSSR count). The summed E-state index contributed by atoms with van der Waals surface area (Å²) in [5, 5.41) is 1.09. The van der Waals surface area contributed by atoms with E-state index in [1.165, 1.54) is 37.7 Å². The molecule has 4 nitrogen and oxygen atoms in total. The van der Waals surface area contributed by atoms with Gasteiger partial charge in [-0.2, -0.15) is 0 Å². The van der Waals surface area contributed by atoms with E-state index < -0.39 is 0 Å². The zero-order valence-corrected chi connectivity index (χ0v) is 14.4. The Kier molecular flexibility index (Phi) is 4.89. The van der Waals surface area contributed by atoms with E-state index in [9.17, 15) is 0 Å². The average Bonchev–Trinajstić information content (AvgIpc) is 2.53. The van der Waals surface area contributed by atoms with Gasteiger partial charge in [0, 0.05) is 24.5 Å². The van der Waals surface area contributed by atoms with Crippen LogP contribution in [0.5, 0.6) is 11.5 Å². The zero-order valence-electron chi connectivity index (χ0n) is 14.4. The highest BCUT2D eigenvalue weighted by molar-refractivity contribution is 5.90. The van der Waals surface area contributed by atoms with E-state index in [2.05, 4.69) is 17.9 Å². The molecule has 2 aromatic rings. The van der Waals surface area contributed by atoms with Gasteiger partial charge in [0.1, 0.15) is 22.8 Å². The van der Waals surface area contributed by atoms with Crippen LogP contribution < -0.4 is 14.4 Å². The number of benzene rings is 1. The second-order valence-corrected chi connectivity index (χ2v) is 6.28. The van der Waals surface area contributed by atoms with Gasteiger partial charge in [-0.05, 0) is 37.5 Å². The number of anilines is 1. The molecule has 0 radical (unpaired) electrons. The Bertz CT molecular complexity index is 677. The number of rotatable bonds is 3. The van der Waals surface area contributed by atoms with E-state index >= 15 is 0 Å². The second kappa shape index (κ2) is 7.07. The predicted molar refractivity (Wildman–Crippen MR) is 94.9 cm³/mol. The van der Waals surface area contributed by atoms with Crippen LogP contribution in [0.2, 0.25) is 0 Å². The van der Waals surface area contributed by atoms with E-state index in [-0.39, 0.29) is 0 Å². The lowest BCUT2D eigenvalue weighted by Crippen LogP contribution is -2.27. The van der Waals surface area contributed by atoms with Gasteiger partial charge in [-0.15, -0.1) is 0 Å². The van der Waals surface area contributed by atoms with Gasteiger partial charge in [-0.25, -0.2) is 4.98 Å². The van der Waals surface area contributed by atoms with Gasteiger partial charge in [-0.1, -0.05) is 19.3 Å². The highest BCUT2D eigenvalue weighted by Gasteiger charge is 2.15. The fourth-order valence-electron chi connectivity index (χ4n) is 3.33. The van der Waals surface area contributed by atoms with Gasteiger partial charge in [0.25, 0.3) is 0 Å². The maximum absolute atomic E-state index is 5.55. The Hall–Kier alpha value is -1.97. The molecule has 0 saturated carbocycles. The first-order chi connectivity index (χ1) is 11.2. The number of fused-ring (bicyclic) bond motifs is 1. The molecule has 1 fully saturated rings. The first kappa shape index (κ1) is 15.9. The van der Waals surface area contributed by atoms with E-state index in [0.29, 0.717) is 0 Å². The first-order valence-electron chi connectivity index (χ1n) is 8.51. The van der Waals surface area contributed by atoms with Crippen molar-refractivity contribution in [2.75, 3.05) is 32.2 Å². The Labute approximate surface area is 138 Å². The average molecular weight is 314 g/mol. The molecule has 4 heteroatoms. The molecule has 1 aliphatic rings. The second-order valence-electron chi connectivity index (χ2n) is 6.28. The number of aromatic nitrogens is 1. The van der Waals surface area contributed by atoms with Crippen LogP contribution in [0.3, 0.4) is 0 Å². The molecule has 1 aromatic carbocycles. The Morgan fingerprint density at radius 3 is 2.26 bits per heavy atom. The van der Waals surface area contributed by atoms with E-state index in [1.54, 1.807) is 14.2 Å². The van der Waals surface area contributed by atoms with Crippen molar-refractivity contribution in [3.8, 4) is 11.5 Å². The lowest BCUT2D eigenvalue weighted by molar-refractivity contribution is 0.397. The summed E-state index contributed by atoms with van der Waals surface area (Å²) < 4.78 is 10.9. The summed E-state index contributed by atoms with van der Waals surface area (Å²) in [7, 11) is 3.37. The highest BCUT2D eigenvalue weighted by atomic mass is 16.5. The molecule has 2 heterocycles. The van der Waals surface area contributed by atoms with Crippen molar-refractivity contribution in [1.82, 2.24) is 4.98 Å². The van der Waals surface area contributed by atoms with Crippen LogP contribution in [0.15, 0.2) is 18.2 Å². The lowest BCUT2D eigenvalue weighted by Gasteiger charge is -2.26. The third-order valence-corrected chi connectivity index (χ3v) is 4.68. The minimum atomic E-state index is 0.774. The van der Waals surface area contributed by atoms with Crippen molar-refractivity contribution in [1.29, 1.82) is 0 Å². The molecule has 1 aromatic heterocycles. The number of nitrogens with zero attached hydrogens (tertiary/aromatic N) is 2. The molecule has 0 spiro atoms. The third-order valence-electron chi connectivity index (χ3n) is 4.68. The Morgan fingerprint density at radius 1 is 0.913 bits per heavy atom. The monoisotopic (exact) mass is 314 g/mol. The number of methoxy groups -OCH3 is 2. The van der Waals surface area contributed by atoms with E-state index in [0.717, 1.165) is 41.3 Å². The van der Waals surface area contributed by atoms with Crippen LogP contribution in [0.4, 0.5) is 5.82 Å². The van der Waals surface area contributed by atoms with Gasteiger partial charge < -0.3 is 14.4 Å². The molecule has 0 atom stereocenters. The zero-order chi connectivity index (χ0) is 16.2. The van der Waals surface area contributed by atoms with Crippen LogP contribution in [-0.2, 0) is 0 Å². The first-order valence-corrected chi connectivity index (χ1v) is 8.51. The maximum Gasteiger partial charge on any atom is 0.148 e. The molecule has 0 amide bonds. The predicted octanol–water partition coefficient (Wildman–Crippen LogP) is 4.33. The summed E-state index contributed by atoms with van der Waals surface area (Å²) in [6.07, 6.45) is 6.51. The van der Waals surface area contributed by atoms with E-state index in [1.807, 2.05) is 12.1 Å². The van der Waals surface area contributed by atoms with Crippen molar-refractivity contribution >= 4 is 16.7 Å². The van der Waals surface area contributed by atoms with Crippen LogP contribution in [-0.4, -0.2) is 32.3 Å². The highest BCUT2D eigenvalue weighted by Crippen LogP contribution is 2.34. The topological polar surface area (TPSA) is 34.6 Å². The molecule has 0 aliphatic carbocycles. The van der Waals surface area contributed by atoms with Crippen molar-refractivity contribution in [3.63, 3.8) is 0 Å². The van der Waals surface area contributed by atoms with Gasteiger partial charge in [0.2, 0.25) is 0 Å². The Morgan fingerprint density at radius 2 is 1.61 bits per heavy atom. The van der Waals surface area contributed by atoms with Gasteiger partial charge in [0.05, 0.1) is 14.2 Å². The fraction of sp³-hybridized carbons (Fsp3) is 0.526. The minimum Gasteiger partial charge on any atom is -0.497 e. The molecule has 0 bridgehead atoms. The minimum absolute atomic E-state index is 0.774. The third kappa shape index (κ3) is 3.36. The molecular formula is C19H26N2O2. The molecular weight excluding hydrogens is 288 g/mol. The van der Waals surface area contributed by atoms with Gasteiger partial charge in [0.15, 0.2) is 0 Å². The van der Waals surface area contributed by atoms with Crippen molar-refractivity contribution in [2.45, 2.75) is 39.0 Å². The maximum atomic E-state index is 5.55. The van der Waals surface area contributed by atoms with Crippen molar-refractivity contribution in [2.24, 2.45) is 0 Å². The summed E-state index contributed by atoms with van der Waals surface area (Å²) >= 11 is 0. The summed E-state index contributed by atoms with van der Waals surface area (Å²) in [5.41, 5.74) is 2.13. The quantitative estimate of drug-likeness (QED) is 0.844. The van der Waals surface area contributed by atoms with Gasteiger partial charge >= 0.3 is 0 Å². The molecule has 1 saturated heterocycles. The Balaban J connectivity index is 2.05. The normalized spacial score (nSPS) is 16.0. The SMILES string of the molecule is COc1cc(OC)c2nc(N3CCCCCCC3)cc(C)c2c1. The van der Waals surface area contributed by atoms with Crippen LogP contribution in [0.1, 0.15) is 37.7 Å². The number of hydrogen-bond donors (Lipinski definition) is 0. The summed E-state index contributed by atoms with van der Waals surface area (Å²) in [6.45, 7) is 4.32. The molecule has 124 valence electrons. The van der Waals surface area contributed by atoms with Crippen molar-refractivity contribution in [3.05, 3.63) is 23.8 Å². The lowest BCUT2D eigenvalue weighted by atomic mass is 10.1. The molecule has 0 N–H and O–H groups in total. The molecule has 23 heavy (non-hydrogen) atoms. The number of aryl methyl sites for hydroxylation is 1. The van der Waals surface area contributed by atoms with Gasteiger partial charge in [-0.3, -0.25) is 0 Å². The van der Waals surface area contributed by atoms with Crippen LogP contribution in [0, 0.1) is 6.92 Å². The number of pyridine rings is 1. The summed E-state index contributed by atoms with van der Waals surface area (Å²) in [4.78, 5) is 7.35. The van der Waals surface area contributed by atoms with Crippen LogP contribution >= 0.6 is 0 Å². The fourth-order valence-corrected chi connectivity index (χ4v) is 3.33. The summed E-state index contributed by atoms with van der Waals surface area (Å²) in [5.74, 6) is 2.65. The number of hydrogen-bond acceptors (Lipinski definition) is 4. The molecule has 0 unspecified atom stereocenters.